The first-order chi connectivity index (χ1) is 8.98. The number of rotatable bonds is 3. The number of allylic oxidation sites excluding steroid dienone is 1. The Balaban J connectivity index is 2.45. The molecule has 1 amide bonds. The average Bonchev–Trinajstić information content (AvgIpc) is 2.38. The number of nitrogens with two attached hydrogens (primary N) is 1. The lowest BCUT2D eigenvalue weighted by Crippen LogP contribution is -2.38. The normalized spacial score (nSPS) is 23.2. The molecule has 0 radical (unpaired) electrons. The molecule has 2 N–H and O–H groups in total. The first-order valence-electron chi connectivity index (χ1n) is 6.28. The van der Waals surface area contributed by atoms with Gasteiger partial charge < -0.3 is 10.5 Å². The van der Waals surface area contributed by atoms with Crippen LogP contribution in [-0.4, -0.2) is 11.7 Å². The monoisotopic (exact) mass is 259 g/mol. The first-order valence-corrected chi connectivity index (χ1v) is 6.28. The van der Waals surface area contributed by atoms with Crippen molar-refractivity contribution >= 4 is 11.7 Å². The van der Waals surface area contributed by atoms with E-state index in [-0.39, 0.29) is 17.8 Å². The predicted octanol–water partition coefficient (Wildman–Crippen LogP) is 2.04. The van der Waals surface area contributed by atoms with Gasteiger partial charge in [0.05, 0.1) is 6.42 Å². The molecule has 1 aromatic carbocycles. The van der Waals surface area contributed by atoms with Crippen molar-refractivity contribution in [2.45, 2.75) is 32.3 Å². The third-order valence-electron chi connectivity index (χ3n) is 3.36. The van der Waals surface area contributed by atoms with E-state index in [9.17, 15) is 9.59 Å². The van der Waals surface area contributed by atoms with Crippen LogP contribution >= 0.6 is 0 Å². The number of Topliss-reactive ketones (excluding diaryl/α,β-unsaturated/α-hetero) is 1. The molecule has 1 aliphatic heterocycles. The van der Waals surface area contributed by atoms with Crippen molar-refractivity contribution in [2.75, 3.05) is 0 Å². The Morgan fingerprint density at radius 3 is 2.53 bits per heavy atom. The van der Waals surface area contributed by atoms with Crippen LogP contribution in [0.1, 0.15) is 32.3 Å². The molecule has 0 spiro atoms. The van der Waals surface area contributed by atoms with Crippen molar-refractivity contribution in [2.24, 2.45) is 5.73 Å². The van der Waals surface area contributed by atoms with Crippen molar-refractivity contribution in [3.8, 4) is 0 Å². The van der Waals surface area contributed by atoms with Crippen LogP contribution in [0.3, 0.4) is 0 Å². The van der Waals surface area contributed by atoms with Crippen LogP contribution in [0.25, 0.3) is 0 Å². The number of benzene rings is 1. The second-order valence-electron chi connectivity index (χ2n) is 4.81. The summed E-state index contributed by atoms with van der Waals surface area (Å²) in [6.45, 7) is 3.69. The van der Waals surface area contributed by atoms with Gasteiger partial charge in [-0.1, -0.05) is 37.3 Å². The third kappa shape index (κ3) is 2.38. The number of amides is 1. The van der Waals surface area contributed by atoms with E-state index in [1.807, 2.05) is 44.2 Å². The van der Waals surface area contributed by atoms with Crippen LogP contribution in [0.15, 0.2) is 41.7 Å². The highest BCUT2D eigenvalue weighted by molar-refractivity contribution is 6.19. The minimum Gasteiger partial charge on any atom is -0.486 e. The van der Waals surface area contributed by atoms with E-state index in [2.05, 4.69) is 0 Å². The Kier molecular flexibility index (Phi) is 3.42. The molecule has 1 unspecified atom stereocenters. The van der Waals surface area contributed by atoms with Gasteiger partial charge in [0.15, 0.2) is 5.78 Å². The van der Waals surface area contributed by atoms with Crippen LogP contribution in [0.4, 0.5) is 0 Å². The summed E-state index contributed by atoms with van der Waals surface area (Å²) >= 11 is 0. The van der Waals surface area contributed by atoms with Gasteiger partial charge in [0.2, 0.25) is 0 Å². The number of carbonyl (C=O) groups excluding carboxylic acids is 2. The summed E-state index contributed by atoms with van der Waals surface area (Å²) in [4.78, 5) is 23.5. The smallest absolute Gasteiger partial charge is 0.255 e. The van der Waals surface area contributed by atoms with E-state index < -0.39 is 11.5 Å². The fraction of sp³-hybridized carbons (Fsp3) is 0.333. The summed E-state index contributed by atoms with van der Waals surface area (Å²) in [5.41, 5.74) is 5.44. The molecule has 0 aliphatic carbocycles. The minimum atomic E-state index is -0.733. The van der Waals surface area contributed by atoms with E-state index in [1.54, 1.807) is 0 Å². The molecule has 1 heterocycles. The zero-order valence-corrected chi connectivity index (χ0v) is 11.1. The van der Waals surface area contributed by atoms with Gasteiger partial charge >= 0.3 is 0 Å². The number of primary amides is 1. The van der Waals surface area contributed by atoms with Crippen molar-refractivity contribution in [3.63, 3.8) is 0 Å². The maximum absolute atomic E-state index is 12.2. The lowest BCUT2D eigenvalue weighted by atomic mass is 9.85. The number of hydrogen-bond donors (Lipinski definition) is 1. The molecule has 2 rings (SSSR count). The highest BCUT2D eigenvalue weighted by Gasteiger charge is 2.40. The largest absolute Gasteiger partial charge is 0.486 e. The lowest BCUT2D eigenvalue weighted by molar-refractivity contribution is -0.129. The Hall–Kier alpha value is -2.10. The van der Waals surface area contributed by atoms with Gasteiger partial charge in [-0.25, -0.2) is 0 Å². The molecule has 4 heteroatoms. The van der Waals surface area contributed by atoms with Gasteiger partial charge in [0, 0.05) is 6.42 Å². The molecule has 4 nitrogen and oxygen atoms in total. The van der Waals surface area contributed by atoms with E-state index >= 15 is 0 Å². The summed E-state index contributed by atoms with van der Waals surface area (Å²) in [5.74, 6) is -0.575. The number of hydrogen-bond acceptors (Lipinski definition) is 3. The number of carbonyl (C=O) groups is 2. The van der Waals surface area contributed by atoms with E-state index in [1.165, 1.54) is 0 Å². The van der Waals surface area contributed by atoms with Crippen molar-refractivity contribution in [1.82, 2.24) is 0 Å². The molecule has 0 fully saturated rings. The highest BCUT2D eigenvalue weighted by atomic mass is 16.5. The Bertz CT molecular complexity index is 548. The van der Waals surface area contributed by atoms with Gasteiger partial charge in [-0.15, -0.1) is 0 Å². The maximum atomic E-state index is 12.2. The summed E-state index contributed by atoms with van der Waals surface area (Å²) in [6.07, 6.45) is 0.589. The van der Waals surface area contributed by atoms with Crippen LogP contribution in [0, 0.1) is 0 Å². The summed E-state index contributed by atoms with van der Waals surface area (Å²) in [5, 5.41) is 0. The topological polar surface area (TPSA) is 69.4 Å². The van der Waals surface area contributed by atoms with E-state index in [0.29, 0.717) is 12.2 Å². The Morgan fingerprint density at radius 2 is 2.00 bits per heavy atom. The second kappa shape index (κ2) is 4.88. The van der Waals surface area contributed by atoms with E-state index in [4.69, 9.17) is 10.5 Å². The molecule has 0 bridgehead atoms. The standard InChI is InChI=1S/C15H17NO3/c1-3-12-13(14(16)18)11(17)9-15(2,19-12)10-7-5-4-6-8-10/h4-8H,3,9H2,1-2H3,(H2,16,18). The van der Waals surface area contributed by atoms with Crippen LogP contribution in [-0.2, 0) is 19.9 Å². The molecule has 1 aromatic rings. The molecule has 100 valence electrons. The minimum absolute atomic E-state index is 0.0101. The molecule has 1 aliphatic rings. The van der Waals surface area contributed by atoms with Crippen LogP contribution in [0.5, 0.6) is 0 Å². The van der Waals surface area contributed by atoms with Gasteiger partial charge in [0.25, 0.3) is 5.91 Å². The van der Waals surface area contributed by atoms with E-state index in [0.717, 1.165) is 5.56 Å². The average molecular weight is 259 g/mol. The van der Waals surface area contributed by atoms with Crippen LogP contribution < -0.4 is 5.73 Å². The van der Waals surface area contributed by atoms with Gasteiger partial charge in [-0.3, -0.25) is 9.59 Å². The van der Waals surface area contributed by atoms with Crippen molar-refractivity contribution in [3.05, 3.63) is 47.2 Å². The Labute approximate surface area is 112 Å². The fourth-order valence-electron chi connectivity index (χ4n) is 2.38. The highest BCUT2D eigenvalue weighted by Crippen LogP contribution is 2.38. The number of ether oxygens (including phenoxy) is 1. The zero-order valence-electron chi connectivity index (χ0n) is 11.1. The van der Waals surface area contributed by atoms with Gasteiger partial charge in [-0.05, 0) is 12.5 Å². The summed E-state index contributed by atoms with van der Waals surface area (Å²) in [6, 6.07) is 9.52. The summed E-state index contributed by atoms with van der Waals surface area (Å²) in [7, 11) is 0. The molecular weight excluding hydrogens is 242 g/mol. The maximum Gasteiger partial charge on any atom is 0.255 e. The second-order valence-corrected chi connectivity index (χ2v) is 4.81. The molecule has 1 atom stereocenters. The van der Waals surface area contributed by atoms with Crippen LogP contribution in [0.2, 0.25) is 0 Å². The number of ketones is 1. The lowest BCUT2D eigenvalue weighted by Gasteiger charge is -2.36. The SMILES string of the molecule is CCC1=C(C(N)=O)C(=O)CC(C)(c2ccccc2)O1. The van der Waals surface area contributed by atoms with Gasteiger partial charge in [-0.2, -0.15) is 0 Å². The molecule has 0 aromatic heterocycles. The van der Waals surface area contributed by atoms with Crippen molar-refractivity contribution in [1.29, 1.82) is 0 Å². The quantitative estimate of drug-likeness (QED) is 0.844. The third-order valence-corrected chi connectivity index (χ3v) is 3.36. The summed E-state index contributed by atoms with van der Waals surface area (Å²) < 4.78 is 5.91. The predicted molar refractivity (Wildman–Crippen MR) is 71.0 cm³/mol. The molecular formula is C15H17NO3. The molecule has 19 heavy (non-hydrogen) atoms. The zero-order chi connectivity index (χ0) is 14.0. The van der Waals surface area contributed by atoms with Crippen molar-refractivity contribution < 1.29 is 14.3 Å². The van der Waals surface area contributed by atoms with Gasteiger partial charge in [0.1, 0.15) is 16.9 Å². The first kappa shape index (κ1) is 13.3. The Morgan fingerprint density at radius 1 is 1.37 bits per heavy atom. The fourth-order valence-corrected chi connectivity index (χ4v) is 2.38. The molecule has 0 saturated carbocycles. The molecule has 0 saturated heterocycles.